The molecule has 6 nitrogen and oxygen atoms in total. The third kappa shape index (κ3) is 3.77. The molecule has 1 amide bonds. The second-order valence-electron chi connectivity index (χ2n) is 7.12. The Morgan fingerprint density at radius 3 is 2.89 bits per heavy atom. The number of nitrogens with one attached hydrogen (secondary N) is 3. The molecule has 4 rings (SSSR count). The first kappa shape index (κ1) is 19.0. The highest BCUT2D eigenvalue weighted by molar-refractivity contribution is 6.31. The summed E-state index contributed by atoms with van der Waals surface area (Å²) in [5.74, 6) is -0.195. The molecule has 5 N–H and O–H groups in total. The molecular formula is C21H22ClN3O3. The fraction of sp³-hybridized carbons (Fsp3) is 0.286. The van der Waals surface area contributed by atoms with Crippen molar-refractivity contribution in [1.82, 2.24) is 15.6 Å². The summed E-state index contributed by atoms with van der Waals surface area (Å²) in [5, 5.41) is 26.7. The zero-order valence-corrected chi connectivity index (χ0v) is 15.9. The average molecular weight is 400 g/mol. The van der Waals surface area contributed by atoms with Gasteiger partial charge in [0.25, 0.3) is 5.91 Å². The molecule has 3 aromatic rings. The topological polar surface area (TPSA) is 97.4 Å². The Morgan fingerprint density at radius 1 is 1.25 bits per heavy atom. The minimum atomic E-state index is -0.845. The fourth-order valence-electron chi connectivity index (χ4n) is 3.78. The Morgan fingerprint density at radius 2 is 2.07 bits per heavy atom. The number of benzene rings is 2. The number of aliphatic hydroxyl groups excluding tert-OH is 2. The van der Waals surface area contributed by atoms with Gasteiger partial charge in [0.05, 0.1) is 24.8 Å². The SMILES string of the molecule is O=C(N[C@@H]1Cc2ccccc2[C@H]1NC[C@@H](O)CO)c1cc2cc(Cl)ccc2[nH]1. The second-order valence-corrected chi connectivity index (χ2v) is 7.56. The van der Waals surface area contributed by atoms with Crippen LogP contribution in [0.2, 0.25) is 5.02 Å². The molecule has 0 spiro atoms. The molecule has 7 heteroatoms. The molecule has 1 aliphatic carbocycles. The number of H-pyrrole nitrogens is 1. The Kier molecular flexibility index (Phi) is 5.37. The van der Waals surface area contributed by atoms with Crippen molar-refractivity contribution < 1.29 is 15.0 Å². The maximum atomic E-state index is 12.9. The number of aromatic amines is 1. The summed E-state index contributed by atoms with van der Waals surface area (Å²) in [6, 6.07) is 14.9. The molecule has 0 aliphatic heterocycles. The van der Waals surface area contributed by atoms with Gasteiger partial charge < -0.3 is 25.8 Å². The molecule has 0 saturated carbocycles. The number of carbonyl (C=O) groups excluding carboxylic acids is 1. The van der Waals surface area contributed by atoms with Gasteiger partial charge in [-0.25, -0.2) is 0 Å². The number of aromatic nitrogens is 1. The van der Waals surface area contributed by atoms with Crippen molar-refractivity contribution in [2.45, 2.75) is 24.6 Å². The van der Waals surface area contributed by atoms with E-state index < -0.39 is 6.10 Å². The molecule has 0 saturated heterocycles. The van der Waals surface area contributed by atoms with E-state index in [1.807, 2.05) is 36.4 Å². The minimum absolute atomic E-state index is 0.139. The molecule has 28 heavy (non-hydrogen) atoms. The van der Waals surface area contributed by atoms with Gasteiger partial charge in [-0.1, -0.05) is 35.9 Å². The number of hydrogen-bond acceptors (Lipinski definition) is 4. The number of halogens is 1. The predicted octanol–water partition coefficient (Wildman–Crippen LogP) is 2.16. The largest absolute Gasteiger partial charge is 0.394 e. The first-order valence-corrected chi connectivity index (χ1v) is 9.62. The number of fused-ring (bicyclic) bond motifs is 2. The maximum absolute atomic E-state index is 12.9. The Labute approximate surface area is 167 Å². The molecule has 146 valence electrons. The van der Waals surface area contributed by atoms with E-state index in [4.69, 9.17) is 16.7 Å². The summed E-state index contributed by atoms with van der Waals surface area (Å²) >= 11 is 6.03. The Bertz CT molecular complexity index is 1000. The van der Waals surface area contributed by atoms with E-state index in [2.05, 4.69) is 15.6 Å². The van der Waals surface area contributed by atoms with E-state index in [1.165, 1.54) is 0 Å². The van der Waals surface area contributed by atoms with E-state index >= 15 is 0 Å². The fourth-order valence-corrected chi connectivity index (χ4v) is 3.96. The summed E-state index contributed by atoms with van der Waals surface area (Å²) in [6.07, 6.45) is -0.150. The smallest absolute Gasteiger partial charge is 0.268 e. The van der Waals surface area contributed by atoms with Gasteiger partial charge in [-0.05, 0) is 41.8 Å². The van der Waals surface area contributed by atoms with Gasteiger partial charge in [0.15, 0.2) is 0 Å². The van der Waals surface area contributed by atoms with Crippen LogP contribution in [0.5, 0.6) is 0 Å². The highest BCUT2D eigenvalue weighted by atomic mass is 35.5. The number of aliphatic hydroxyl groups is 2. The number of rotatable bonds is 6. The van der Waals surface area contributed by atoms with Gasteiger partial charge >= 0.3 is 0 Å². The van der Waals surface area contributed by atoms with E-state index in [0.717, 1.165) is 22.0 Å². The number of amides is 1. The van der Waals surface area contributed by atoms with E-state index in [-0.39, 0.29) is 31.1 Å². The van der Waals surface area contributed by atoms with Crippen molar-refractivity contribution in [3.05, 3.63) is 70.4 Å². The second kappa shape index (κ2) is 7.93. The van der Waals surface area contributed by atoms with Crippen LogP contribution in [-0.4, -0.2) is 46.4 Å². The highest BCUT2D eigenvalue weighted by Crippen LogP contribution is 2.31. The van der Waals surface area contributed by atoms with Gasteiger partial charge in [0, 0.05) is 22.5 Å². The van der Waals surface area contributed by atoms with Crippen molar-refractivity contribution in [3.8, 4) is 0 Å². The summed E-state index contributed by atoms with van der Waals surface area (Å²) < 4.78 is 0. The van der Waals surface area contributed by atoms with E-state index in [9.17, 15) is 9.90 Å². The molecule has 1 aliphatic rings. The average Bonchev–Trinajstić information content (AvgIpc) is 3.26. The lowest BCUT2D eigenvalue weighted by molar-refractivity contribution is 0.0874. The van der Waals surface area contributed by atoms with Crippen LogP contribution >= 0.6 is 11.6 Å². The molecule has 0 unspecified atom stereocenters. The number of hydrogen-bond donors (Lipinski definition) is 5. The highest BCUT2D eigenvalue weighted by Gasteiger charge is 2.33. The van der Waals surface area contributed by atoms with Crippen LogP contribution in [0, 0.1) is 0 Å². The van der Waals surface area contributed by atoms with Crippen LogP contribution in [0.1, 0.15) is 27.7 Å². The van der Waals surface area contributed by atoms with Gasteiger partial charge in [-0.3, -0.25) is 4.79 Å². The van der Waals surface area contributed by atoms with Crippen molar-refractivity contribution in [3.63, 3.8) is 0 Å². The number of carbonyl (C=O) groups is 1. The Hall–Kier alpha value is -2.38. The molecule has 3 atom stereocenters. The standard InChI is InChI=1S/C21H22ClN3O3/c22-14-5-6-17-13(7-14)9-19(24-17)21(28)25-18-8-12-3-1-2-4-16(12)20(18)23-10-15(27)11-26/h1-7,9,15,18,20,23-24,26-27H,8,10-11H2,(H,25,28)/t15-,18-,20-/m1/s1. The van der Waals surface area contributed by atoms with Gasteiger partial charge in [0.1, 0.15) is 5.69 Å². The van der Waals surface area contributed by atoms with Crippen LogP contribution < -0.4 is 10.6 Å². The van der Waals surface area contributed by atoms with Crippen LogP contribution in [0.25, 0.3) is 10.9 Å². The molecule has 0 bridgehead atoms. The van der Waals surface area contributed by atoms with Crippen LogP contribution in [0.3, 0.4) is 0 Å². The normalized spacial score (nSPS) is 19.5. The summed E-state index contributed by atoms with van der Waals surface area (Å²) in [6.45, 7) is -0.0667. The zero-order valence-electron chi connectivity index (χ0n) is 15.2. The van der Waals surface area contributed by atoms with Crippen molar-refractivity contribution in [1.29, 1.82) is 0 Å². The third-order valence-corrected chi connectivity index (χ3v) is 5.40. The lowest BCUT2D eigenvalue weighted by Crippen LogP contribution is -2.44. The molecule has 1 aromatic heterocycles. The molecule has 1 heterocycles. The third-order valence-electron chi connectivity index (χ3n) is 5.16. The minimum Gasteiger partial charge on any atom is -0.394 e. The van der Waals surface area contributed by atoms with E-state index in [0.29, 0.717) is 17.1 Å². The summed E-state index contributed by atoms with van der Waals surface area (Å²) in [7, 11) is 0. The summed E-state index contributed by atoms with van der Waals surface area (Å²) in [5.41, 5.74) is 3.58. The monoisotopic (exact) mass is 399 g/mol. The van der Waals surface area contributed by atoms with Crippen LogP contribution in [0.4, 0.5) is 0 Å². The van der Waals surface area contributed by atoms with Crippen LogP contribution in [-0.2, 0) is 6.42 Å². The molecular weight excluding hydrogens is 378 g/mol. The maximum Gasteiger partial charge on any atom is 0.268 e. The van der Waals surface area contributed by atoms with Crippen LogP contribution in [0.15, 0.2) is 48.5 Å². The first-order chi connectivity index (χ1) is 13.5. The lowest BCUT2D eigenvalue weighted by atomic mass is 10.1. The van der Waals surface area contributed by atoms with Crippen molar-refractivity contribution in [2.24, 2.45) is 0 Å². The van der Waals surface area contributed by atoms with Gasteiger partial charge in [-0.2, -0.15) is 0 Å². The van der Waals surface area contributed by atoms with Gasteiger partial charge in [0.2, 0.25) is 0 Å². The Balaban J connectivity index is 1.53. The molecule has 2 aromatic carbocycles. The van der Waals surface area contributed by atoms with Gasteiger partial charge in [-0.15, -0.1) is 0 Å². The lowest BCUT2D eigenvalue weighted by Gasteiger charge is -2.24. The van der Waals surface area contributed by atoms with E-state index in [1.54, 1.807) is 12.1 Å². The summed E-state index contributed by atoms with van der Waals surface area (Å²) in [4.78, 5) is 16.0. The van der Waals surface area contributed by atoms with Crippen molar-refractivity contribution in [2.75, 3.05) is 13.2 Å². The zero-order chi connectivity index (χ0) is 19.7. The van der Waals surface area contributed by atoms with Crippen molar-refractivity contribution >= 4 is 28.4 Å². The first-order valence-electron chi connectivity index (χ1n) is 9.24. The molecule has 0 fully saturated rings. The predicted molar refractivity (Wildman–Crippen MR) is 109 cm³/mol. The quantitative estimate of drug-likeness (QED) is 0.439. The molecule has 0 radical (unpaired) electrons.